The number of aromatic amines is 1. The summed E-state index contributed by atoms with van der Waals surface area (Å²) in [7, 11) is 0. The predicted molar refractivity (Wildman–Crippen MR) is 34.6 cm³/mol. The molecule has 0 aliphatic rings. The Morgan fingerprint density at radius 2 is 2.30 bits per heavy atom. The number of rotatable bonds is 2. The largest absolute Gasteiger partial charge is 0.261 e. The van der Waals surface area contributed by atoms with Gasteiger partial charge >= 0.3 is 0 Å². The van der Waals surface area contributed by atoms with Crippen molar-refractivity contribution in [2.24, 2.45) is 5.92 Å². The molecule has 1 unspecified atom stereocenters. The van der Waals surface area contributed by atoms with Crippen LogP contribution in [0.25, 0.3) is 0 Å². The van der Waals surface area contributed by atoms with Crippen molar-refractivity contribution < 1.29 is 5.11 Å². The summed E-state index contributed by atoms with van der Waals surface area (Å²) in [6, 6.07) is 0. The molecule has 0 saturated carbocycles. The van der Waals surface area contributed by atoms with E-state index >= 15 is 0 Å². The molecule has 0 aromatic carbocycles. The van der Waals surface area contributed by atoms with Crippen molar-refractivity contribution >= 4 is 0 Å². The Balaban J connectivity index is 2.68. The fourth-order valence-corrected chi connectivity index (χ4v) is 0.668. The van der Waals surface area contributed by atoms with Gasteiger partial charge in [-0.05, 0) is 5.92 Å². The van der Waals surface area contributed by atoms with E-state index in [1.165, 1.54) is 6.33 Å². The van der Waals surface area contributed by atoms with Crippen LogP contribution in [0.5, 0.6) is 0 Å². The molecule has 0 spiro atoms. The van der Waals surface area contributed by atoms with Gasteiger partial charge in [0.25, 0.3) is 0 Å². The molecule has 1 rings (SSSR count). The summed E-state index contributed by atoms with van der Waals surface area (Å²) in [4.78, 5) is 3.76. The molecular weight excluding hydrogens is 130 g/mol. The molecule has 0 fully saturated rings. The first-order valence-electron chi connectivity index (χ1n) is 3.23. The average Bonchev–Trinajstić information content (AvgIpc) is 2.36. The zero-order valence-corrected chi connectivity index (χ0v) is 6.03. The first kappa shape index (κ1) is 7.21. The van der Waals surface area contributed by atoms with Gasteiger partial charge in [0.1, 0.15) is 6.33 Å². The fraction of sp³-hybridized carbons (Fsp3) is 0.667. The molecule has 1 aromatic rings. The van der Waals surface area contributed by atoms with E-state index in [2.05, 4.69) is 15.2 Å². The summed E-state index contributed by atoms with van der Waals surface area (Å²) in [5.74, 6) is 0.489. The van der Waals surface area contributed by atoms with E-state index in [-0.39, 0.29) is 5.92 Å². The first-order valence-corrected chi connectivity index (χ1v) is 3.23. The average molecular weight is 140 g/mol. The van der Waals surface area contributed by atoms with Crippen LogP contribution >= 0.6 is 0 Å². The normalized spacial score (nSPS) is 14.0. The molecule has 1 aromatic heterocycles. The van der Waals surface area contributed by atoms with Crippen molar-refractivity contribution in [2.45, 2.75) is 20.0 Å². The van der Waals surface area contributed by atoms with Crippen molar-refractivity contribution in [3.63, 3.8) is 0 Å². The smallest absolute Gasteiger partial charge is 0.157 e. The summed E-state index contributed by atoms with van der Waals surface area (Å²) in [6.45, 7) is 3.72. The highest BCUT2D eigenvalue weighted by molar-refractivity contribution is 4.87. The molecular formula is C6H10N3O. The number of nitrogens with zero attached hydrogens (tertiary/aromatic N) is 2. The van der Waals surface area contributed by atoms with E-state index in [9.17, 15) is 5.11 Å². The Hall–Kier alpha value is -0.900. The quantitative estimate of drug-likeness (QED) is 0.664. The maximum atomic E-state index is 11.2. The third-order valence-electron chi connectivity index (χ3n) is 1.31. The van der Waals surface area contributed by atoms with Gasteiger partial charge in [-0.25, -0.2) is 10.1 Å². The van der Waals surface area contributed by atoms with Crippen LogP contribution in [0.15, 0.2) is 6.33 Å². The van der Waals surface area contributed by atoms with Gasteiger partial charge in [0, 0.05) is 0 Å². The lowest BCUT2D eigenvalue weighted by atomic mass is 10.1. The number of aromatic nitrogens is 3. The SMILES string of the molecule is CC(C)C([O])c1ncn[nH]1. The predicted octanol–water partition coefficient (Wildman–Crippen LogP) is 0.932. The van der Waals surface area contributed by atoms with Crippen molar-refractivity contribution in [1.29, 1.82) is 0 Å². The van der Waals surface area contributed by atoms with Crippen LogP contribution in [0.1, 0.15) is 25.8 Å². The maximum absolute atomic E-state index is 11.2. The van der Waals surface area contributed by atoms with Gasteiger partial charge in [0.05, 0.1) is 0 Å². The number of H-pyrrole nitrogens is 1. The van der Waals surface area contributed by atoms with E-state index in [0.29, 0.717) is 5.82 Å². The summed E-state index contributed by atoms with van der Waals surface area (Å²) < 4.78 is 0. The molecule has 1 N–H and O–H groups in total. The second kappa shape index (κ2) is 2.79. The minimum Gasteiger partial charge on any atom is -0.261 e. The standard InChI is InChI=1S/C6H10N3O/c1-4(2)5(10)6-7-3-8-9-6/h3-5H,1-2H3,(H,7,8,9). The summed E-state index contributed by atoms with van der Waals surface area (Å²) in [5, 5.41) is 17.3. The van der Waals surface area contributed by atoms with Gasteiger partial charge in [0.2, 0.25) is 0 Å². The Bertz CT molecular complexity index is 183. The Morgan fingerprint density at radius 1 is 1.60 bits per heavy atom. The fourth-order valence-electron chi connectivity index (χ4n) is 0.668. The van der Waals surface area contributed by atoms with Gasteiger partial charge in [0.15, 0.2) is 11.9 Å². The lowest BCUT2D eigenvalue weighted by Crippen LogP contribution is -2.05. The zero-order valence-electron chi connectivity index (χ0n) is 6.03. The van der Waals surface area contributed by atoms with E-state index in [4.69, 9.17) is 0 Å². The molecule has 1 atom stereocenters. The minimum atomic E-state index is -0.775. The van der Waals surface area contributed by atoms with Crippen LogP contribution in [-0.4, -0.2) is 15.2 Å². The van der Waals surface area contributed by atoms with Crippen LogP contribution in [0, 0.1) is 5.92 Å². The summed E-state index contributed by atoms with van der Waals surface area (Å²) in [5.41, 5.74) is 0. The van der Waals surface area contributed by atoms with Crippen LogP contribution in [0.2, 0.25) is 0 Å². The molecule has 0 amide bonds. The van der Waals surface area contributed by atoms with Gasteiger partial charge in [-0.15, -0.1) is 0 Å². The van der Waals surface area contributed by atoms with E-state index in [1.807, 2.05) is 13.8 Å². The molecule has 4 nitrogen and oxygen atoms in total. The van der Waals surface area contributed by atoms with Crippen molar-refractivity contribution in [2.75, 3.05) is 0 Å². The highest BCUT2D eigenvalue weighted by Gasteiger charge is 2.15. The van der Waals surface area contributed by atoms with E-state index in [0.717, 1.165) is 0 Å². The summed E-state index contributed by atoms with van der Waals surface area (Å²) >= 11 is 0. The van der Waals surface area contributed by atoms with Crippen LogP contribution < -0.4 is 0 Å². The highest BCUT2D eigenvalue weighted by atomic mass is 16.3. The van der Waals surface area contributed by atoms with Crippen LogP contribution in [0.3, 0.4) is 0 Å². The van der Waals surface area contributed by atoms with E-state index in [1.54, 1.807) is 0 Å². The molecule has 0 aliphatic carbocycles. The molecule has 1 radical (unpaired) electrons. The third kappa shape index (κ3) is 1.33. The number of nitrogens with one attached hydrogen (secondary N) is 1. The molecule has 55 valence electrons. The van der Waals surface area contributed by atoms with Gasteiger partial charge in [-0.3, -0.25) is 5.10 Å². The number of hydrogen-bond acceptors (Lipinski definition) is 2. The zero-order chi connectivity index (χ0) is 7.56. The third-order valence-corrected chi connectivity index (χ3v) is 1.31. The van der Waals surface area contributed by atoms with Crippen molar-refractivity contribution in [3.05, 3.63) is 12.2 Å². The number of hydrogen-bond donors (Lipinski definition) is 1. The van der Waals surface area contributed by atoms with Crippen LogP contribution in [0.4, 0.5) is 0 Å². The molecule has 1 heterocycles. The minimum absolute atomic E-state index is 0.0629. The second-order valence-electron chi connectivity index (χ2n) is 2.54. The lowest BCUT2D eigenvalue weighted by molar-refractivity contribution is 0.0416. The second-order valence-corrected chi connectivity index (χ2v) is 2.54. The van der Waals surface area contributed by atoms with Crippen molar-refractivity contribution in [3.8, 4) is 0 Å². The highest BCUT2D eigenvalue weighted by Crippen LogP contribution is 2.16. The molecule has 4 heteroatoms. The lowest BCUT2D eigenvalue weighted by Gasteiger charge is -2.06. The molecule has 0 aliphatic heterocycles. The molecule has 0 bridgehead atoms. The monoisotopic (exact) mass is 140 g/mol. The maximum Gasteiger partial charge on any atom is 0.157 e. The molecule has 10 heavy (non-hydrogen) atoms. The molecule has 0 saturated heterocycles. The first-order chi connectivity index (χ1) is 4.72. The Morgan fingerprint density at radius 3 is 2.70 bits per heavy atom. The van der Waals surface area contributed by atoms with Gasteiger partial charge < -0.3 is 0 Å². The Labute approximate surface area is 59.3 Å². The van der Waals surface area contributed by atoms with E-state index < -0.39 is 6.10 Å². The summed E-state index contributed by atoms with van der Waals surface area (Å²) in [6.07, 6.45) is 0.574. The van der Waals surface area contributed by atoms with Crippen LogP contribution in [-0.2, 0) is 5.11 Å². The topological polar surface area (TPSA) is 61.5 Å². The Kier molecular flexibility index (Phi) is 2.01. The van der Waals surface area contributed by atoms with Crippen molar-refractivity contribution in [1.82, 2.24) is 15.2 Å². The van der Waals surface area contributed by atoms with Gasteiger partial charge in [-0.2, -0.15) is 5.10 Å². The van der Waals surface area contributed by atoms with Gasteiger partial charge in [-0.1, -0.05) is 13.8 Å².